The zero-order chi connectivity index (χ0) is 22.6. The molecule has 1 unspecified atom stereocenters. The molecule has 1 heterocycles. The van der Waals surface area contributed by atoms with Gasteiger partial charge in [0.25, 0.3) is 5.91 Å². The quantitative estimate of drug-likeness (QED) is 0.438. The summed E-state index contributed by atoms with van der Waals surface area (Å²) >= 11 is 0. The molecule has 0 bridgehead atoms. The standard InChI is InChI=1S/C20H19F3N6O2/c1-11-5-7-13(8-6-11)26-18(24)29-19-27-15(17(31)28-19)10-16(30)25-14-4-2-3-12(9-14)20(21,22)23/h2-9,15H,10H2,1H3,(H,25,30)(H4,24,26,27,28,29,31). The number of guanidine groups is 2. The van der Waals surface area contributed by atoms with E-state index in [1.807, 2.05) is 19.1 Å². The number of hydrogen-bond acceptors (Lipinski definition) is 4. The summed E-state index contributed by atoms with van der Waals surface area (Å²) in [4.78, 5) is 32.2. The lowest BCUT2D eigenvalue weighted by molar-refractivity contribution is -0.137. The number of nitrogens with zero attached hydrogens (tertiary/aromatic N) is 2. The number of aryl methyl sites for hydroxylation is 1. The first-order chi connectivity index (χ1) is 14.6. The molecular formula is C20H19F3N6O2. The van der Waals surface area contributed by atoms with Crippen LogP contribution < -0.4 is 21.7 Å². The minimum atomic E-state index is -4.53. The van der Waals surface area contributed by atoms with Gasteiger partial charge in [0.2, 0.25) is 17.8 Å². The highest BCUT2D eigenvalue weighted by Gasteiger charge is 2.31. The largest absolute Gasteiger partial charge is 0.416 e. The molecule has 8 nitrogen and oxygen atoms in total. The summed E-state index contributed by atoms with van der Waals surface area (Å²) in [5.41, 5.74) is 6.63. The second kappa shape index (κ2) is 8.86. The third kappa shape index (κ3) is 6.04. The minimum absolute atomic E-state index is 0.0167. The maximum atomic E-state index is 12.8. The van der Waals surface area contributed by atoms with Gasteiger partial charge in [-0.1, -0.05) is 23.8 Å². The van der Waals surface area contributed by atoms with Crippen LogP contribution in [0.2, 0.25) is 0 Å². The van der Waals surface area contributed by atoms with Crippen molar-refractivity contribution in [3.63, 3.8) is 0 Å². The molecule has 1 aliphatic rings. The number of aliphatic imine (C=N–C) groups is 2. The molecule has 3 rings (SSSR count). The highest BCUT2D eigenvalue weighted by molar-refractivity contribution is 6.11. The Bertz CT molecular complexity index is 1050. The van der Waals surface area contributed by atoms with Crippen molar-refractivity contribution >= 4 is 35.1 Å². The smallest absolute Gasteiger partial charge is 0.369 e. The second-order valence-corrected chi connectivity index (χ2v) is 6.78. The number of carbonyl (C=O) groups is 2. The van der Waals surface area contributed by atoms with Crippen LogP contribution in [0.3, 0.4) is 0 Å². The van der Waals surface area contributed by atoms with E-state index in [4.69, 9.17) is 5.73 Å². The topological polar surface area (TPSA) is 121 Å². The fourth-order valence-corrected chi connectivity index (χ4v) is 2.71. The monoisotopic (exact) mass is 432 g/mol. The molecule has 31 heavy (non-hydrogen) atoms. The SMILES string of the molecule is Cc1ccc(N/C(N)=N/C2=NC(CC(=O)Nc3cccc(C(F)(F)F)c3)C(=O)N2)cc1. The van der Waals surface area contributed by atoms with Crippen molar-refractivity contribution in [3.8, 4) is 0 Å². The number of benzene rings is 2. The summed E-state index contributed by atoms with van der Waals surface area (Å²) in [7, 11) is 0. The van der Waals surface area contributed by atoms with E-state index in [0.717, 1.165) is 17.7 Å². The number of halogens is 3. The second-order valence-electron chi connectivity index (χ2n) is 6.78. The third-order valence-corrected chi connectivity index (χ3v) is 4.22. The Balaban J connectivity index is 1.61. The maximum Gasteiger partial charge on any atom is 0.416 e. The lowest BCUT2D eigenvalue weighted by atomic mass is 10.1. The first-order valence-corrected chi connectivity index (χ1v) is 9.14. The zero-order valence-electron chi connectivity index (χ0n) is 16.3. The van der Waals surface area contributed by atoms with Gasteiger partial charge in [-0.05, 0) is 37.3 Å². The highest BCUT2D eigenvalue weighted by Crippen LogP contribution is 2.30. The van der Waals surface area contributed by atoms with E-state index in [2.05, 4.69) is 25.9 Å². The molecule has 5 N–H and O–H groups in total. The van der Waals surface area contributed by atoms with Crippen LogP contribution in [-0.4, -0.2) is 29.8 Å². The molecule has 1 atom stereocenters. The molecule has 0 saturated carbocycles. The van der Waals surface area contributed by atoms with E-state index in [0.29, 0.717) is 5.69 Å². The summed E-state index contributed by atoms with van der Waals surface area (Å²) in [5, 5.41) is 7.58. The lowest BCUT2D eigenvalue weighted by Gasteiger charge is -2.10. The van der Waals surface area contributed by atoms with Gasteiger partial charge in [-0.25, -0.2) is 4.99 Å². The van der Waals surface area contributed by atoms with Crippen LogP contribution in [0.15, 0.2) is 58.5 Å². The molecule has 2 aromatic carbocycles. The Morgan fingerprint density at radius 3 is 2.55 bits per heavy atom. The maximum absolute atomic E-state index is 12.8. The minimum Gasteiger partial charge on any atom is -0.369 e. The summed E-state index contributed by atoms with van der Waals surface area (Å²) in [6, 6.07) is 10.5. The predicted octanol–water partition coefficient (Wildman–Crippen LogP) is 2.62. The van der Waals surface area contributed by atoms with Gasteiger partial charge in [0.05, 0.1) is 12.0 Å². The molecule has 11 heteroatoms. The molecule has 2 aromatic rings. The van der Waals surface area contributed by atoms with E-state index in [1.54, 1.807) is 12.1 Å². The lowest BCUT2D eigenvalue weighted by Crippen LogP contribution is -2.32. The Kier molecular flexibility index (Phi) is 6.23. The molecule has 0 aliphatic carbocycles. The first kappa shape index (κ1) is 21.8. The number of rotatable bonds is 4. The van der Waals surface area contributed by atoms with Gasteiger partial charge in [0.1, 0.15) is 6.04 Å². The Morgan fingerprint density at radius 2 is 1.87 bits per heavy atom. The zero-order valence-corrected chi connectivity index (χ0v) is 16.3. The van der Waals surface area contributed by atoms with Crippen LogP contribution in [0.5, 0.6) is 0 Å². The van der Waals surface area contributed by atoms with Crippen molar-refractivity contribution in [1.29, 1.82) is 0 Å². The van der Waals surface area contributed by atoms with Crippen molar-refractivity contribution in [3.05, 3.63) is 59.7 Å². The van der Waals surface area contributed by atoms with Gasteiger partial charge in [0.15, 0.2) is 0 Å². The number of hydrogen-bond donors (Lipinski definition) is 4. The number of carbonyl (C=O) groups excluding carboxylic acids is 2. The van der Waals surface area contributed by atoms with Gasteiger partial charge in [-0.2, -0.15) is 18.2 Å². The van der Waals surface area contributed by atoms with Crippen LogP contribution in [0.25, 0.3) is 0 Å². The Morgan fingerprint density at radius 1 is 1.16 bits per heavy atom. The summed E-state index contributed by atoms with van der Waals surface area (Å²) in [5.74, 6) is -1.32. The van der Waals surface area contributed by atoms with Crippen molar-refractivity contribution in [2.24, 2.45) is 15.7 Å². The van der Waals surface area contributed by atoms with Crippen molar-refractivity contribution in [2.75, 3.05) is 10.6 Å². The number of anilines is 2. The van der Waals surface area contributed by atoms with Crippen LogP contribution in [0, 0.1) is 6.92 Å². The number of nitrogens with one attached hydrogen (secondary N) is 3. The molecule has 0 radical (unpaired) electrons. The van der Waals surface area contributed by atoms with Crippen molar-refractivity contribution in [2.45, 2.75) is 25.6 Å². The van der Waals surface area contributed by atoms with Gasteiger partial charge in [-0.15, -0.1) is 0 Å². The van der Waals surface area contributed by atoms with E-state index in [1.165, 1.54) is 12.1 Å². The number of alkyl halides is 3. The molecule has 0 spiro atoms. The van der Waals surface area contributed by atoms with Crippen LogP contribution in [0.4, 0.5) is 24.5 Å². The molecule has 0 aromatic heterocycles. The first-order valence-electron chi connectivity index (χ1n) is 9.14. The molecule has 0 saturated heterocycles. The van der Waals surface area contributed by atoms with Gasteiger partial charge in [0, 0.05) is 11.4 Å². The molecule has 162 valence electrons. The Labute approximate surface area is 175 Å². The highest BCUT2D eigenvalue weighted by atomic mass is 19.4. The predicted molar refractivity (Wildman–Crippen MR) is 110 cm³/mol. The molecule has 2 amide bonds. The number of nitrogens with two attached hydrogens (primary N) is 1. The van der Waals surface area contributed by atoms with Gasteiger partial charge < -0.3 is 16.4 Å². The van der Waals surface area contributed by atoms with E-state index >= 15 is 0 Å². The third-order valence-electron chi connectivity index (χ3n) is 4.22. The van der Waals surface area contributed by atoms with E-state index in [9.17, 15) is 22.8 Å². The average Bonchev–Trinajstić information content (AvgIpc) is 3.01. The summed E-state index contributed by atoms with van der Waals surface area (Å²) in [6.07, 6.45) is -4.90. The van der Waals surface area contributed by atoms with Gasteiger partial charge in [-0.3, -0.25) is 14.9 Å². The van der Waals surface area contributed by atoms with Crippen LogP contribution in [0.1, 0.15) is 17.5 Å². The fraction of sp³-hybridized carbons (Fsp3) is 0.200. The summed E-state index contributed by atoms with van der Waals surface area (Å²) in [6.45, 7) is 1.94. The molecule has 1 aliphatic heterocycles. The molecule has 0 fully saturated rings. The van der Waals surface area contributed by atoms with Crippen molar-refractivity contribution in [1.82, 2.24) is 5.32 Å². The Hall–Kier alpha value is -3.89. The van der Waals surface area contributed by atoms with E-state index < -0.39 is 29.6 Å². The normalized spacial score (nSPS) is 16.5. The summed E-state index contributed by atoms with van der Waals surface area (Å²) < 4.78 is 38.3. The number of amides is 2. The average molecular weight is 432 g/mol. The van der Waals surface area contributed by atoms with Crippen LogP contribution in [-0.2, 0) is 15.8 Å². The van der Waals surface area contributed by atoms with Crippen molar-refractivity contribution < 1.29 is 22.8 Å². The van der Waals surface area contributed by atoms with E-state index in [-0.39, 0.29) is 24.0 Å². The van der Waals surface area contributed by atoms with Crippen LogP contribution >= 0.6 is 0 Å². The fourth-order valence-electron chi connectivity index (χ4n) is 2.71. The molecular weight excluding hydrogens is 413 g/mol. The van der Waals surface area contributed by atoms with Gasteiger partial charge >= 0.3 is 6.18 Å².